The first-order valence-corrected chi connectivity index (χ1v) is 9.61. The molecule has 0 heterocycles. The summed E-state index contributed by atoms with van der Waals surface area (Å²) in [5.41, 5.74) is 0.0248. The second-order valence-electron chi connectivity index (χ2n) is 6.68. The maximum absolute atomic E-state index is 12.1. The summed E-state index contributed by atoms with van der Waals surface area (Å²) in [5.74, 6) is 0.990. The van der Waals surface area contributed by atoms with Gasteiger partial charge in [-0.05, 0) is 25.2 Å². The SMILES string of the molecule is CCCCCCCCC(=O)NC1(CBr)CCCC(C)C1. The Kier molecular flexibility index (Phi) is 8.83. The third kappa shape index (κ3) is 6.60. The van der Waals surface area contributed by atoms with E-state index in [4.69, 9.17) is 0 Å². The van der Waals surface area contributed by atoms with E-state index in [0.717, 1.165) is 30.5 Å². The molecule has 1 N–H and O–H groups in total. The first-order chi connectivity index (χ1) is 9.62. The predicted molar refractivity (Wildman–Crippen MR) is 90.3 cm³/mol. The molecule has 1 rings (SSSR count). The van der Waals surface area contributed by atoms with E-state index in [0.29, 0.717) is 6.42 Å². The number of carbonyl (C=O) groups excluding carboxylic acids is 1. The van der Waals surface area contributed by atoms with Crippen LogP contribution >= 0.6 is 15.9 Å². The van der Waals surface area contributed by atoms with Gasteiger partial charge in [0.15, 0.2) is 0 Å². The molecule has 2 unspecified atom stereocenters. The maximum Gasteiger partial charge on any atom is 0.220 e. The summed E-state index contributed by atoms with van der Waals surface area (Å²) in [7, 11) is 0. The first kappa shape index (κ1) is 18.0. The zero-order chi connectivity index (χ0) is 14.8. The number of hydrogen-bond donors (Lipinski definition) is 1. The average molecular weight is 346 g/mol. The van der Waals surface area contributed by atoms with E-state index in [9.17, 15) is 4.79 Å². The molecular weight excluding hydrogens is 314 g/mol. The van der Waals surface area contributed by atoms with Gasteiger partial charge in [0, 0.05) is 17.3 Å². The Morgan fingerprint density at radius 2 is 1.95 bits per heavy atom. The number of nitrogens with one attached hydrogen (secondary N) is 1. The minimum atomic E-state index is 0.0248. The van der Waals surface area contributed by atoms with Gasteiger partial charge in [-0.25, -0.2) is 0 Å². The molecule has 0 radical (unpaired) electrons. The molecule has 20 heavy (non-hydrogen) atoms. The molecular formula is C17H32BrNO. The maximum atomic E-state index is 12.1. The second kappa shape index (κ2) is 9.81. The van der Waals surface area contributed by atoms with Crippen LogP contribution in [0.1, 0.15) is 84.5 Å². The Morgan fingerprint density at radius 3 is 2.60 bits per heavy atom. The molecule has 118 valence electrons. The Hall–Kier alpha value is -0.0500. The third-order valence-electron chi connectivity index (χ3n) is 4.51. The van der Waals surface area contributed by atoms with Crippen LogP contribution in [0.15, 0.2) is 0 Å². The lowest BCUT2D eigenvalue weighted by molar-refractivity contribution is -0.123. The van der Waals surface area contributed by atoms with Gasteiger partial charge in [0.05, 0.1) is 0 Å². The van der Waals surface area contributed by atoms with Crippen LogP contribution in [-0.4, -0.2) is 16.8 Å². The highest BCUT2D eigenvalue weighted by molar-refractivity contribution is 9.09. The normalized spacial score (nSPS) is 26.4. The minimum absolute atomic E-state index is 0.0248. The topological polar surface area (TPSA) is 29.1 Å². The monoisotopic (exact) mass is 345 g/mol. The highest BCUT2D eigenvalue weighted by atomic mass is 79.9. The summed E-state index contributed by atoms with van der Waals surface area (Å²) in [6.07, 6.45) is 13.0. The Balaban J connectivity index is 2.22. The van der Waals surface area contributed by atoms with Gasteiger partial charge in [0.2, 0.25) is 5.91 Å². The number of carbonyl (C=O) groups is 1. The number of unbranched alkanes of at least 4 members (excludes halogenated alkanes) is 5. The van der Waals surface area contributed by atoms with Crippen LogP contribution in [0.5, 0.6) is 0 Å². The van der Waals surface area contributed by atoms with E-state index < -0.39 is 0 Å². The van der Waals surface area contributed by atoms with E-state index in [-0.39, 0.29) is 11.4 Å². The third-order valence-corrected chi connectivity index (χ3v) is 5.58. The molecule has 2 nitrogen and oxygen atoms in total. The van der Waals surface area contributed by atoms with Crippen molar-refractivity contribution in [2.75, 3.05) is 5.33 Å². The summed E-state index contributed by atoms with van der Waals surface area (Å²) in [5, 5.41) is 4.22. The van der Waals surface area contributed by atoms with Crippen molar-refractivity contribution in [1.29, 1.82) is 0 Å². The Morgan fingerprint density at radius 1 is 1.25 bits per heavy atom. The predicted octanol–water partition coefficient (Wildman–Crippen LogP) is 5.20. The van der Waals surface area contributed by atoms with E-state index >= 15 is 0 Å². The molecule has 0 aromatic carbocycles. The van der Waals surface area contributed by atoms with Gasteiger partial charge in [-0.1, -0.05) is 74.7 Å². The number of hydrogen-bond acceptors (Lipinski definition) is 1. The van der Waals surface area contributed by atoms with E-state index in [1.165, 1.54) is 44.9 Å². The lowest BCUT2D eigenvalue weighted by Gasteiger charge is -2.39. The number of amides is 1. The molecule has 1 aliphatic carbocycles. The summed E-state index contributed by atoms with van der Waals surface area (Å²) in [6.45, 7) is 4.54. The van der Waals surface area contributed by atoms with Gasteiger partial charge in [-0.2, -0.15) is 0 Å². The quantitative estimate of drug-likeness (QED) is 0.451. The first-order valence-electron chi connectivity index (χ1n) is 8.49. The van der Waals surface area contributed by atoms with Crippen molar-refractivity contribution < 1.29 is 4.79 Å². The van der Waals surface area contributed by atoms with Gasteiger partial charge in [-0.3, -0.25) is 4.79 Å². The highest BCUT2D eigenvalue weighted by Crippen LogP contribution is 2.33. The van der Waals surface area contributed by atoms with Crippen molar-refractivity contribution in [3.05, 3.63) is 0 Å². The molecule has 1 amide bonds. The van der Waals surface area contributed by atoms with Crippen LogP contribution in [-0.2, 0) is 4.79 Å². The van der Waals surface area contributed by atoms with Crippen molar-refractivity contribution in [1.82, 2.24) is 5.32 Å². The van der Waals surface area contributed by atoms with E-state index in [1.807, 2.05) is 0 Å². The molecule has 0 bridgehead atoms. The molecule has 0 aromatic heterocycles. The van der Waals surface area contributed by atoms with Gasteiger partial charge in [0.1, 0.15) is 0 Å². The number of halogens is 1. The summed E-state index contributed by atoms with van der Waals surface area (Å²) >= 11 is 3.62. The van der Waals surface area contributed by atoms with Crippen LogP contribution in [0, 0.1) is 5.92 Å². The molecule has 0 saturated heterocycles. The minimum Gasteiger partial charge on any atom is -0.350 e. The molecule has 1 fully saturated rings. The zero-order valence-corrected chi connectivity index (χ0v) is 14.9. The fraction of sp³-hybridized carbons (Fsp3) is 0.941. The van der Waals surface area contributed by atoms with Crippen molar-refractivity contribution in [3.8, 4) is 0 Å². The molecule has 0 aliphatic heterocycles. The molecule has 2 atom stereocenters. The molecule has 1 aliphatic rings. The fourth-order valence-corrected chi connectivity index (χ4v) is 4.00. The van der Waals surface area contributed by atoms with Crippen LogP contribution in [0.25, 0.3) is 0 Å². The lowest BCUT2D eigenvalue weighted by Crippen LogP contribution is -2.52. The second-order valence-corrected chi connectivity index (χ2v) is 7.24. The van der Waals surface area contributed by atoms with Crippen LogP contribution in [0.2, 0.25) is 0 Å². The van der Waals surface area contributed by atoms with Crippen LogP contribution in [0.3, 0.4) is 0 Å². The summed E-state index contributed by atoms with van der Waals surface area (Å²) < 4.78 is 0. The molecule has 1 saturated carbocycles. The van der Waals surface area contributed by atoms with E-state index in [2.05, 4.69) is 35.1 Å². The fourth-order valence-electron chi connectivity index (χ4n) is 3.35. The average Bonchev–Trinajstić information content (AvgIpc) is 2.42. The largest absolute Gasteiger partial charge is 0.350 e. The summed E-state index contributed by atoms with van der Waals surface area (Å²) in [6, 6.07) is 0. The lowest BCUT2D eigenvalue weighted by atomic mass is 9.77. The van der Waals surface area contributed by atoms with Crippen molar-refractivity contribution in [2.45, 2.75) is 90.0 Å². The smallest absolute Gasteiger partial charge is 0.220 e. The molecule has 3 heteroatoms. The Labute approximate surface area is 133 Å². The zero-order valence-electron chi connectivity index (χ0n) is 13.3. The van der Waals surface area contributed by atoms with Crippen molar-refractivity contribution in [3.63, 3.8) is 0 Å². The van der Waals surface area contributed by atoms with Gasteiger partial charge in [0.25, 0.3) is 0 Å². The van der Waals surface area contributed by atoms with Crippen LogP contribution in [0.4, 0.5) is 0 Å². The van der Waals surface area contributed by atoms with Crippen molar-refractivity contribution >= 4 is 21.8 Å². The van der Waals surface area contributed by atoms with Crippen molar-refractivity contribution in [2.24, 2.45) is 5.92 Å². The standard InChI is InChI=1S/C17H32BrNO/c1-3-4-5-6-7-8-11-16(20)19-17(14-18)12-9-10-15(2)13-17/h15H,3-14H2,1-2H3,(H,19,20). The van der Waals surface area contributed by atoms with Crippen LogP contribution < -0.4 is 5.32 Å². The molecule has 0 spiro atoms. The highest BCUT2D eigenvalue weighted by Gasteiger charge is 2.35. The molecule has 0 aromatic rings. The number of rotatable bonds is 9. The van der Waals surface area contributed by atoms with Gasteiger partial charge in [-0.15, -0.1) is 0 Å². The number of alkyl halides is 1. The van der Waals surface area contributed by atoms with Gasteiger partial charge < -0.3 is 5.32 Å². The Bertz CT molecular complexity index is 282. The van der Waals surface area contributed by atoms with E-state index in [1.54, 1.807) is 0 Å². The summed E-state index contributed by atoms with van der Waals surface area (Å²) in [4.78, 5) is 12.1. The van der Waals surface area contributed by atoms with Gasteiger partial charge >= 0.3 is 0 Å².